The van der Waals surface area contributed by atoms with Crippen molar-refractivity contribution in [3.05, 3.63) is 41.2 Å². The number of rotatable bonds is 7. The number of alkyl halides is 1. The summed E-state index contributed by atoms with van der Waals surface area (Å²) < 4.78 is 7.72. The Morgan fingerprint density at radius 2 is 2.14 bits per heavy atom. The second-order valence-corrected chi connectivity index (χ2v) is 6.36. The summed E-state index contributed by atoms with van der Waals surface area (Å²) in [6, 6.07) is 6.28. The highest BCUT2D eigenvalue weighted by Crippen LogP contribution is 2.23. The average Bonchev–Trinajstić information content (AvgIpc) is 2.95. The molecular formula is C16H22BrN3O. The smallest absolute Gasteiger partial charge is 0.122 e. The number of ether oxygens (including phenoxy) is 1. The van der Waals surface area contributed by atoms with Crippen LogP contribution in [0.15, 0.2) is 24.4 Å². The van der Waals surface area contributed by atoms with E-state index in [4.69, 9.17) is 4.74 Å². The Morgan fingerprint density at radius 1 is 1.33 bits per heavy atom. The molecule has 1 unspecified atom stereocenters. The number of hydrogen-bond donors (Lipinski definition) is 0. The van der Waals surface area contributed by atoms with Gasteiger partial charge in [0.1, 0.15) is 5.75 Å². The molecule has 0 saturated heterocycles. The quantitative estimate of drug-likeness (QED) is 0.554. The Labute approximate surface area is 134 Å². The molecule has 0 fully saturated rings. The molecule has 0 aliphatic heterocycles. The fourth-order valence-electron chi connectivity index (χ4n) is 2.05. The standard InChI is InChI=1S/C16H22BrN3O/c1-4-14(17)15-11-20(19-18-15)8-5-9-21-16-10-12(2)6-7-13(16)3/h6-7,10-11,14H,4-5,8-9H2,1-3H3. The van der Waals surface area contributed by atoms with E-state index in [1.54, 1.807) is 0 Å². The molecule has 1 aromatic carbocycles. The molecule has 0 radical (unpaired) electrons. The molecule has 1 aromatic heterocycles. The van der Waals surface area contributed by atoms with Crippen LogP contribution in [-0.2, 0) is 6.54 Å². The Bertz CT molecular complexity index is 583. The van der Waals surface area contributed by atoms with Crippen LogP contribution in [0.1, 0.15) is 41.4 Å². The summed E-state index contributed by atoms with van der Waals surface area (Å²) in [4.78, 5) is 0.289. The Hall–Kier alpha value is -1.36. The van der Waals surface area contributed by atoms with E-state index >= 15 is 0 Å². The minimum Gasteiger partial charge on any atom is -0.493 e. The summed E-state index contributed by atoms with van der Waals surface area (Å²) in [7, 11) is 0. The van der Waals surface area contributed by atoms with Gasteiger partial charge in [0.15, 0.2) is 0 Å². The molecule has 0 N–H and O–H groups in total. The Morgan fingerprint density at radius 3 is 2.90 bits per heavy atom. The fraction of sp³-hybridized carbons (Fsp3) is 0.500. The zero-order valence-corrected chi connectivity index (χ0v) is 14.4. The highest BCUT2D eigenvalue weighted by Gasteiger charge is 2.09. The highest BCUT2D eigenvalue weighted by atomic mass is 79.9. The van der Waals surface area contributed by atoms with Gasteiger partial charge < -0.3 is 4.74 Å². The minimum absolute atomic E-state index is 0.289. The van der Waals surface area contributed by atoms with E-state index in [9.17, 15) is 0 Å². The number of nitrogens with zero attached hydrogens (tertiary/aromatic N) is 3. The molecule has 0 saturated carbocycles. The molecule has 2 aromatic rings. The number of aryl methyl sites for hydroxylation is 3. The third-order valence-electron chi connectivity index (χ3n) is 3.37. The molecule has 0 aliphatic rings. The minimum atomic E-state index is 0.289. The van der Waals surface area contributed by atoms with Crippen LogP contribution in [0.3, 0.4) is 0 Å². The lowest BCUT2D eigenvalue weighted by molar-refractivity contribution is 0.296. The molecule has 0 amide bonds. The Balaban J connectivity index is 1.79. The van der Waals surface area contributed by atoms with E-state index < -0.39 is 0 Å². The molecule has 114 valence electrons. The van der Waals surface area contributed by atoms with E-state index in [1.165, 1.54) is 11.1 Å². The molecular weight excluding hydrogens is 330 g/mol. The van der Waals surface area contributed by atoms with Crippen molar-refractivity contribution in [2.24, 2.45) is 0 Å². The van der Waals surface area contributed by atoms with Crippen molar-refractivity contribution in [3.63, 3.8) is 0 Å². The van der Waals surface area contributed by atoms with Crippen molar-refractivity contribution >= 4 is 15.9 Å². The van der Waals surface area contributed by atoms with Crippen LogP contribution in [0.25, 0.3) is 0 Å². The lowest BCUT2D eigenvalue weighted by Crippen LogP contribution is -2.05. The zero-order chi connectivity index (χ0) is 15.2. The van der Waals surface area contributed by atoms with E-state index in [2.05, 4.69) is 65.2 Å². The van der Waals surface area contributed by atoms with E-state index in [0.717, 1.165) is 30.8 Å². The summed E-state index contributed by atoms with van der Waals surface area (Å²) in [6.45, 7) is 7.77. The maximum atomic E-state index is 5.84. The lowest BCUT2D eigenvalue weighted by Gasteiger charge is -2.09. The van der Waals surface area contributed by atoms with Crippen molar-refractivity contribution < 1.29 is 4.74 Å². The summed E-state index contributed by atoms with van der Waals surface area (Å²) in [6.07, 6.45) is 3.92. The second kappa shape index (κ2) is 7.59. The van der Waals surface area contributed by atoms with Gasteiger partial charge in [0.2, 0.25) is 0 Å². The first-order valence-corrected chi connectivity index (χ1v) is 8.26. The maximum Gasteiger partial charge on any atom is 0.122 e. The maximum absolute atomic E-state index is 5.84. The predicted octanol–water partition coefficient (Wildman–Crippen LogP) is 4.21. The zero-order valence-electron chi connectivity index (χ0n) is 12.8. The molecule has 2 rings (SSSR count). The molecule has 5 heteroatoms. The number of hydrogen-bond acceptors (Lipinski definition) is 3. The van der Waals surface area contributed by atoms with Gasteiger partial charge in [0, 0.05) is 19.2 Å². The molecule has 1 heterocycles. The molecule has 0 bridgehead atoms. The molecule has 0 spiro atoms. The Kier molecular flexibility index (Phi) is 5.79. The normalized spacial score (nSPS) is 12.4. The van der Waals surface area contributed by atoms with Gasteiger partial charge in [-0.05, 0) is 37.5 Å². The lowest BCUT2D eigenvalue weighted by atomic mass is 10.1. The van der Waals surface area contributed by atoms with Crippen LogP contribution in [-0.4, -0.2) is 21.6 Å². The largest absolute Gasteiger partial charge is 0.493 e. The van der Waals surface area contributed by atoms with Gasteiger partial charge >= 0.3 is 0 Å². The van der Waals surface area contributed by atoms with Crippen molar-refractivity contribution in [2.75, 3.05) is 6.61 Å². The summed E-state index contributed by atoms with van der Waals surface area (Å²) in [5, 5.41) is 8.32. The molecule has 21 heavy (non-hydrogen) atoms. The first-order valence-electron chi connectivity index (χ1n) is 7.34. The van der Waals surface area contributed by atoms with E-state index in [0.29, 0.717) is 6.61 Å². The van der Waals surface area contributed by atoms with Gasteiger partial charge in [-0.2, -0.15) is 0 Å². The third-order valence-corrected chi connectivity index (χ3v) is 4.49. The molecule has 1 atom stereocenters. The number of halogens is 1. The van der Waals surface area contributed by atoms with E-state index in [1.807, 2.05) is 10.9 Å². The van der Waals surface area contributed by atoms with Crippen molar-refractivity contribution in [1.29, 1.82) is 0 Å². The number of aromatic nitrogens is 3. The predicted molar refractivity (Wildman–Crippen MR) is 88.0 cm³/mol. The molecule has 4 nitrogen and oxygen atoms in total. The van der Waals surface area contributed by atoms with Crippen LogP contribution < -0.4 is 4.74 Å². The highest BCUT2D eigenvalue weighted by molar-refractivity contribution is 9.09. The van der Waals surface area contributed by atoms with Crippen LogP contribution in [0, 0.1) is 13.8 Å². The second-order valence-electron chi connectivity index (χ2n) is 5.25. The van der Waals surface area contributed by atoms with E-state index in [-0.39, 0.29) is 4.83 Å². The SMILES string of the molecule is CCC(Br)c1cn(CCCOc2cc(C)ccc2C)nn1. The topological polar surface area (TPSA) is 39.9 Å². The van der Waals surface area contributed by atoms with Crippen LogP contribution in [0.2, 0.25) is 0 Å². The summed E-state index contributed by atoms with van der Waals surface area (Å²) >= 11 is 3.58. The van der Waals surface area contributed by atoms with Crippen molar-refractivity contribution in [2.45, 2.75) is 45.0 Å². The van der Waals surface area contributed by atoms with Crippen molar-refractivity contribution in [3.8, 4) is 5.75 Å². The fourth-order valence-corrected chi connectivity index (χ4v) is 2.26. The third kappa shape index (κ3) is 4.56. The molecule has 0 aliphatic carbocycles. The van der Waals surface area contributed by atoms with Gasteiger partial charge in [-0.15, -0.1) is 5.10 Å². The summed E-state index contributed by atoms with van der Waals surface area (Å²) in [5.74, 6) is 0.973. The monoisotopic (exact) mass is 351 g/mol. The first-order chi connectivity index (χ1) is 10.1. The first kappa shape index (κ1) is 16.0. The van der Waals surface area contributed by atoms with Crippen LogP contribution in [0.4, 0.5) is 0 Å². The van der Waals surface area contributed by atoms with Gasteiger partial charge in [-0.1, -0.05) is 40.2 Å². The average molecular weight is 352 g/mol. The van der Waals surface area contributed by atoms with Gasteiger partial charge in [0.25, 0.3) is 0 Å². The van der Waals surface area contributed by atoms with Gasteiger partial charge in [-0.3, -0.25) is 4.68 Å². The number of benzene rings is 1. The van der Waals surface area contributed by atoms with Gasteiger partial charge in [-0.25, -0.2) is 0 Å². The van der Waals surface area contributed by atoms with Crippen LogP contribution in [0.5, 0.6) is 5.75 Å². The van der Waals surface area contributed by atoms with Crippen LogP contribution >= 0.6 is 15.9 Å². The van der Waals surface area contributed by atoms with Gasteiger partial charge in [0.05, 0.1) is 17.1 Å². The van der Waals surface area contributed by atoms with Crippen molar-refractivity contribution in [1.82, 2.24) is 15.0 Å². The summed E-state index contributed by atoms with van der Waals surface area (Å²) in [5.41, 5.74) is 3.39.